The number of hydrogen-bond acceptors (Lipinski definition) is 2. The number of halogens is 2. The molecule has 140 valence electrons. The molecule has 2 aromatic rings. The summed E-state index contributed by atoms with van der Waals surface area (Å²) in [7, 11) is 3.40. The topological polar surface area (TPSA) is 18.5 Å². The standard InChI is InChI=1S/C22H26F2O2/c1-25-9-3-5-17-11-18(6-4-10-26-2)13-19(12-17)7-8-20-14-21(23)16-22(24)15-20/h7-8,11-16H,3-6,9-10H2,1-2H3. The third-order valence-corrected chi connectivity index (χ3v) is 4.06. The summed E-state index contributed by atoms with van der Waals surface area (Å²) in [4.78, 5) is 0. The molecule has 0 aliphatic rings. The van der Waals surface area contributed by atoms with Crippen LogP contribution in [0.5, 0.6) is 0 Å². The van der Waals surface area contributed by atoms with E-state index in [9.17, 15) is 8.78 Å². The molecule has 2 aromatic carbocycles. The number of rotatable bonds is 10. The monoisotopic (exact) mass is 360 g/mol. The zero-order chi connectivity index (χ0) is 18.8. The second-order valence-corrected chi connectivity index (χ2v) is 6.31. The van der Waals surface area contributed by atoms with Gasteiger partial charge in [0.25, 0.3) is 0 Å². The molecule has 0 spiro atoms. The van der Waals surface area contributed by atoms with Crippen LogP contribution in [0.2, 0.25) is 0 Å². The number of benzene rings is 2. The third kappa shape index (κ3) is 7.06. The van der Waals surface area contributed by atoms with Crippen molar-refractivity contribution in [2.75, 3.05) is 27.4 Å². The van der Waals surface area contributed by atoms with Crippen LogP contribution >= 0.6 is 0 Å². The second kappa shape index (κ2) is 10.8. The molecule has 0 saturated heterocycles. The quantitative estimate of drug-likeness (QED) is 0.423. The van der Waals surface area contributed by atoms with E-state index < -0.39 is 11.6 Å². The van der Waals surface area contributed by atoms with Gasteiger partial charge in [-0.2, -0.15) is 0 Å². The van der Waals surface area contributed by atoms with Gasteiger partial charge in [0, 0.05) is 33.5 Å². The minimum absolute atomic E-state index is 0.508. The van der Waals surface area contributed by atoms with Crippen molar-refractivity contribution in [3.63, 3.8) is 0 Å². The Bertz CT molecular complexity index is 678. The smallest absolute Gasteiger partial charge is 0.126 e. The Morgan fingerprint density at radius 3 is 1.62 bits per heavy atom. The molecule has 0 saturated carbocycles. The van der Waals surface area contributed by atoms with Gasteiger partial charge in [-0.05, 0) is 60.1 Å². The van der Waals surface area contributed by atoms with Gasteiger partial charge in [0.05, 0.1) is 0 Å². The van der Waals surface area contributed by atoms with Gasteiger partial charge in [0.1, 0.15) is 11.6 Å². The van der Waals surface area contributed by atoms with Crippen LogP contribution in [0.1, 0.15) is 35.1 Å². The summed E-state index contributed by atoms with van der Waals surface area (Å²) in [6, 6.07) is 9.96. The number of methoxy groups -OCH3 is 2. The van der Waals surface area contributed by atoms with Gasteiger partial charge in [-0.3, -0.25) is 0 Å². The van der Waals surface area contributed by atoms with E-state index in [2.05, 4.69) is 18.2 Å². The van der Waals surface area contributed by atoms with Crippen molar-refractivity contribution in [3.8, 4) is 0 Å². The Labute approximate surface area is 154 Å². The Kier molecular flexibility index (Phi) is 8.45. The van der Waals surface area contributed by atoms with Gasteiger partial charge in [0.2, 0.25) is 0 Å². The first-order chi connectivity index (χ1) is 12.6. The van der Waals surface area contributed by atoms with Crippen LogP contribution < -0.4 is 0 Å². The minimum atomic E-state index is -0.571. The van der Waals surface area contributed by atoms with Crippen molar-refractivity contribution < 1.29 is 18.3 Å². The summed E-state index contributed by atoms with van der Waals surface area (Å²) in [5.74, 6) is -1.14. The first-order valence-corrected chi connectivity index (χ1v) is 8.85. The van der Waals surface area contributed by atoms with Crippen LogP contribution in [-0.2, 0) is 22.3 Å². The maximum Gasteiger partial charge on any atom is 0.126 e. The molecule has 0 fully saturated rings. The van der Waals surface area contributed by atoms with Crippen LogP contribution in [-0.4, -0.2) is 27.4 Å². The van der Waals surface area contributed by atoms with Crippen LogP contribution in [0.15, 0.2) is 36.4 Å². The summed E-state index contributed by atoms with van der Waals surface area (Å²) in [5, 5.41) is 0. The molecule has 0 bridgehead atoms. The zero-order valence-electron chi connectivity index (χ0n) is 15.4. The molecule has 0 aliphatic heterocycles. The van der Waals surface area contributed by atoms with E-state index in [4.69, 9.17) is 9.47 Å². The molecule has 0 atom stereocenters. The molecule has 2 nitrogen and oxygen atoms in total. The highest BCUT2D eigenvalue weighted by molar-refractivity contribution is 5.70. The van der Waals surface area contributed by atoms with E-state index in [1.54, 1.807) is 20.3 Å². The fourth-order valence-corrected chi connectivity index (χ4v) is 2.88. The Hall–Kier alpha value is -2.04. The second-order valence-electron chi connectivity index (χ2n) is 6.31. The highest BCUT2D eigenvalue weighted by Crippen LogP contribution is 2.18. The molecule has 26 heavy (non-hydrogen) atoms. The van der Waals surface area contributed by atoms with Gasteiger partial charge in [-0.25, -0.2) is 8.78 Å². The summed E-state index contributed by atoms with van der Waals surface area (Å²) < 4.78 is 36.9. The Morgan fingerprint density at radius 1 is 0.692 bits per heavy atom. The van der Waals surface area contributed by atoms with Crippen LogP contribution in [0.25, 0.3) is 12.2 Å². The highest BCUT2D eigenvalue weighted by Gasteiger charge is 2.02. The summed E-state index contributed by atoms with van der Waals surface area (Å²) >= 11 is 0. The van der Waals surface area contributed by atoms with Gasteiger partial charge in [-0.1, -0.05) is 30.4 Å². The maximum absolute atomic E-state index is 13.3. The van der Waals surface area contributed by atoms with Crippen molar-refractivity contribution in [2.24, 2.45) is 0 Å². The van der Waals surface area contributed by atoms with Crippen molar-refractivity contribution >= 4 is 12.2 Å². The molecule has 0 N–H and O–H groups in total. The van der Waals surface area contributed by atoms with Crippen LogP contribution in [0.3, 0.4) is 0 Å². The molecule has 0 aliphatic carbocycles. The van der Waals surface area contributed by atoms with Crippen LogP contribution in [0, 0.1) is 11.6 Å². The lowest BCUT2D eigenvalue weighted by molar-refractivity contribution is 0.195. The molecule has 0 radical (unpaired) electrons. The van der Waals surface area contributed by atoms with E-state index >= 15 is 0 Å². The Morgan fingerprint density at radius 2 is 1.15 bits per heavy atom. The van der Waals surface area contributed by atoms with Crippen molar-refractivity contribution in [1.29, 1.82) is 0 Å². The molecular weight excluding hydrogens is 334 g/mol. The Balaban J connectivity index is 2.19. The number of ether oxygens (including phenoxy) is 2. The van der Waals surface area contributed by atoms with E-state index in [1.165, 1.54) is 23.3 Å². The molecule has 0 amide bonds. The molecule has 2 rings (SSSR count). The lowest BCUT2D eigenvalue weighted by Crippen LogP contribution is -1.97. The SMILES string of the molecule is COCCCc1cc(C=Cc2cc(F)cc(F)c2)cc(CCCOC)c1. The maximum atomic E-state index is 13.3. The highest BCUT2D eigenvalue weighted by atomic mass is 19.1. The van der Waals surface area contributed by atoms with E-state index in [0.29, 0.717) is 5.56 Å². The largest absolute Gasteiger partial charge is 0.385 e. The molecule has 0 heterocycles. The minimum Gasteiger partial charge on any atom is -0.385 e. The van der Waals surface area contributed by atoms with E-state index in [0.717, 1.165) is 50.5 Å². The van der Waals surface area contributed by atoms with Gasteiger partial charge >= 0.3 is 0 Å². The third-order valence-electron chi connectivity index (χ3n) is 4.06. The van der Waals surface area contributed by atoms with Gasteiger partial charge < -0.3 is 9.47 Å². The summed E-state index contributed by atoms with van der Waals surface area (Å²) in [6.45, 7) is 1.45. The first-order valence-electron chi connectivity index (χ1n) is 8.85. The van der Waals surface area contributed by atoms with Crippen molar-refractivity contribution in [1.82, 2.24) is 0 Å². The predicted molar refractivity (Wildman–Crippen MR) is 102 cm³/mol. The van der Waals surface area contributed by atoms with Gasteiger partial charge in [-0.15, -0.1) is 0 Å². The molecule has 0 aromatic heterocycles. The van der Waals surface area contributed by atoms with Crippen LogP contribution in [0.4, 0.5) is 8.78 Å². The first kappa shape index (κ1) is 20.3. The lowest BCUT2D eigenvalue weighted by Gasteiger charge is -2.08. The van der Waals surface area contributed by atoms with Gasteiger partial charge in [0.15, 0.2) is 0 Å². The zero-order valence-corrected chi connectivity index (χ0v) is 15.4. The number of aryl methyl sites for hydroxylation is 2. The normalized spacial score (nSPS) is 11.4. The van der Waals surface area contributed by atoms with E-state index in [-0.39, 0.29) is 0 Å². The van der Waals surface area contributed by atoms with Crippen molar-refractivity contribution in [2.45, 2.75) is 25.7 Å². The fraction of sp³-hybridized carbons (Fsp3) is 0.364. The molecule has 0 unspecified atom stereocenters. The van der Waals surface area contributed by atoms with E-state index in [1.807, 2.05) is 6.08 Å². The summed E-state index contributed by atoms with van der Waals surface area (Å²) in [6.07, 6.45) is 7.41. The van der Waals surface area contributed by atoms with Crippen molar-refractivity contribution in [3.05, 3.63) is 70.3 Å². The predicted octanol–water partition coefficient (Wildman–Crippen LogP) is 5.29. The lowest BCUT2D eigenvalue weighted by atomic mass is 9.99. The average Bonchev–Trinajstić information content (AvgIpc) is 2.60. The average molecular weight is 360 g/mol. The fourth-order valence-electron chi connectivity index (χ4n) is 2.88. The molecule has 4 heteroatoms. The summed E-state index contributed by atoms with van der Waals surface area (Å²) in [5.41, 5.74) is 4.01. The molecular formula is C22H26F2O2. The number of hydrogen-bond donors (Lipinski definition) is 0.